The second kappa shape index (κ2) is 9.12. The monoisotopic (exact) mass is 385 g/mol. The van der Waals surface area contributed by atoms with E-state index in [9.17, 15) is 19.7 Å². The lowest BCUT2D eigenvalue weighted by Gasteiger charge is -2.06. The Morgan fingerprint density at radius 3 is 2.56 bits per heavy atom. The summed E-state index contributed by atoms with van der Waals surface area (Å²) in [5.41, 5.74) is 1.14. The molecule has 0 fully saturated rings. The molecule has 0 aliphatic rings. The number of carbonyl (C=O) groups excluding carboxylic acids is 2. The molecule has 2 aromatic rings. The van der Waals surface area contributed by atoms with Gasteiger partial charge in [0.25, 0.3) is 11.6 Å². The lowest BCUT2D eigenvalue weighted by Crippen LogP contribution is -2.20. The second-order valence-corrected chi connectivity index (χ2v) is 5.55. The van der Waals surface area contributed by atoms with Gasteiger partial charge in [0.15, 0.2) is 6.61 Å². The van der Waals surface area contributed by atoms with Gasteiger partial charge < -0.3 is 10.1 Å². The van der Waals surface area contributed by atoms with Gasteiger partial charge in [-0.15, -0.1) is 0 Å². The first kappa shape index (κ1) is 19.6. The highest BCUT2D eigenvalue weighted by Crippen LogP contribution is 2.20. The molecule has 1 amide bonds. The third-order valence-electron chi connectivity index (χ3n) is 3.23. The largest absolute Gasteiger partial charge is 0.452 e. The van der Waals surface area contributed by atoms with Crippen molar-refractivity contribution in [2.45, 2.75) is 0 Å². The summed E-state index contributed by atoms with van der Waals surface area (Å²) in [5.74, 6) is -1.32. The summed E-state index contributed by atoms with van der Waals surface area (Å²) in [4.78, 5) is 33.4. The molecule has 0 atom stereocenters. The number of ether oxygens (including phenoxy) is 1. The number of nitrogens with one attached hydrogen (secondary N) is 1. The minimum absolute atomic E-state index is 0.0608. The lowest BCUT2D eigenvalue weighted by molar-refractivity contribution is -0.384. The van der Waals surface area contributed by atoms with Crippen molar-refractivity contribution < 1.29 is 19.2 Å². The Morgan fingerprint density at radius 1 is 1.26 bits per heavy atom. The van der Waals surface area contributed by atoms with Gasteiger partial charge in [-0.25, -0.2) is 4.79 Å². The number of hydrogen-bond donors (Lipinski definition) is 1. The third kappa shape index (κ3) is 5.95. The standard InChI is InChI=1S/C18H12ClN3O5/c19-16-9-14(5-4-13(16)10-20)21-17(23)11-27-18(24)8-3-12-1-6-15(7-2-12)22(25)26/h1-9H,11H2,(H,21,23)/b8-3+. The van der Waals surface area contributed by atoms with Crippen molar-refractivity contribution in [3.63, 3.8) is 0 Å². The van der Waals surface area contributed by atoms with E-state index in [1.165, 1.54) is 48.5 Å². The molecular formula is C18H12ClN3O5. The third-order valence-corrected chi connectivity index (χ3v) is 3.55. The van der Waals surface area contributed by atoms with Gasteiger partial charge in [-0.3, -0.25) is 14.9 Å². The van der Waals surface area contributed by atoms with Crippen LogP contribution in [0.25, 0.3) is 6.08 Å². The maximum atomic E-state index is 11.8. The first-order chi connectivity index (χ1) is 12.9. The maximum absolute atomic E-state index is 11.8. The van der Waals surface area contributed by atoms with Crippen LogP contribution in [0.15, 0.2) is 48.5 Å². The molecule has 136 valence electrons. The summed E-state index contributed by atoms with van der Waals surface area (Å²) in [5, 5.41) is 22.0. The molecule has 0 saturated carbocycles. The lowest BCUT2D eigenvalue weighted by atomic mass is 10.2. The van der Waals surface area contributed by atoms with Crippen molar-refractivity contribution in [1.29, 1.82) is 5.26 Å². The van der Waals surface area contributed by atoms with Gasteiger partial charge in [-0.2, -0.15) is 5.26 Å². The van der Waals surface area contributed by atoms with Crippen LogP contribution in [-0.4, -0.2) is 23.4 Å². The molecule has 0 saturated heterocycles. The molecule has 27 heavy (non-hydrogen) atoms. The molecule has 1 N–H and O–H groups in total. The Labute approximate surface area is 158 Å². The number of nitrogens with zero attached hydrogens (tertiary/aromatic N) is 2. The molecule has 0 aromatic heterocycles. The van der Waals surface area contributed by atoms with Crippen LogP contribution in [0.3, 0.4) is 0 Å². The molecule has 0 spiro atoms. The fourth-order valence-corrected chi connectivity index (χ4v) is 2.16. The van der Waals surface area contributed by atoms with E-state index in [-0.39, 0.29) is 16.3 Å². The number of non-ortho nitro benzene ring substituents is 1. The SMILES string of the molecule is N#Cc1ccc(NC(=O)COC(=O)/C=C/c2ccc([N+](=O)[O-])cc2)cc1Cl. The van der Waals surface area contributed by atoms with E-state index in [1.807, 2.05) is 6.07 Å². The summed E-state index contributed by atoms with van der Waals surface area (Å²) < 4.78 is 4.80. The number of anilines is 1. The van der Waals surface area contributed by atoms with Crippen molar-refractivity contribution in [1.82, 2.24) is 0 Å². The molecule has 0 aliphatic heterocycles. The Kier molecular flexibility index (Phi) is 6.63. The van der Waals surface area contributed by atoms with E-state index in [4.69, 9.17) is 21.6 Å². The van der Waals surface area contributed by atoms with Crippen LogP contribution < -0.4 is 5.32 Å². The van der Waals surface area contributed by atoms with Crippen LogP contribution in [0, 0.1) is 21.4 Å². The minimum Gasteiger partial charge on any atom is -0.452 e. The molecular weight excluding hydrogens is 374 g/mol. The number of amides is 1. The van der Waals surface area contributed by atoms with E-state index in [0.29, 0.717) is 11.3 Å². The van der Waals surface area contributed by atoms with E-state index in [2.05, 4.69) is 5.32 Å². The molecule has 9 heteroatoms. The number of esters is 1. The molecule has 0 bridgehead atoms. The predicted octanol–water partition coefficient (Wildman–Crippen LogP) is 3.31. The number of carbonyl (C=O) groups is 2. The topological polar surface area (TPSA) is 122 Å². The smallest absolute Gasteiger partial charge is 0.331 e. The Balaban J connectivity index is 1.84. The first-order valence-electron chi connectivity index (χ1n) is 7.48. The summed E-state index contributed by atoms with van der Waals surface area (Å²) in [7, 11) is 0. The van der Waals surface area contributed by atoms with Crippen LogP contribution in [-0.2, 0) is 14.3 Å². The van der Waals surface area contributed by atoms with Crippen molar-refractivity contribution in [3.05, 3.63) is 74.8 Å². The van der Waals surface area contributed by atoms with Gasteiger partial charge in [0.2, 0.25) is 0 Å². The predicted molar refractivity (Wildman–Crippen MR) is 97.9 cm³/mol. The van der Waals surface area contributed by atoms with Gasteiger partial charge in [0.1, 0.15) is 6.07 Å². The van der Waals surface area contributed by atoms with Crippen molar-refractivity contribution in [2.75, 3.05) is 11.9 Å². The van der Waals surface area contributed by atoms with E-state index >= 15 is 0 Å². The van der Waals surface area contributed by atoms with Gasteiger partial charge in [0.05, 0.1) is 15.5 Å². The number of hydrogen-bond acceptors (Lipinski definition) is 6. The second-order valence-electron chi connectivity index (χ2n) is 5.14. The van der Waals surface area contributed by atoms with E-state index < -0.39 is 23.4 Å². The number of halogens is 1. The van der Waals surface area contributed by atoms with E-state index in [0.717, 1.165) is 6.08 Å². The molecule has 0 radical (unpaired) electrons. The highest BCUT2D eigenvalue weighted by molar-refractivity contribution is 6.32. The Morgan fingerprint density at radius 2 is 1.96 bits per heavy atom. The minimum atomic E-state index is -0.749. The number of benzene rings is 2. The summed E-state index contributed by atoms with van der Waals surface area (Å²) in [6, 6.07) is 11.8. The summed E-state index contributed by atoms with van der Waals surface area (Å²) in [6.45, 7) is -0.513. The maximum Gasteiger partial charge on any atom is 0.331 e. The molecule has 2 aromatic carbocycles. The number of nitro benzene ring substituents is 1. The zero-order chi connectivity index (χ0) is 19.8. The van der Waals surface area contributed by atoms with Crippen LogP contribution >= 0.6 is 11.6 Å². The quantitative estimate of drug-likeness (QED) is 0.352. The average molecular weight is 386 g/mol. The van der Waals surface area contributed by atoms with E-state index in [1.54, 1.807) is 0 Å². The van der Waals surface area contributed by atoms with Crippen LogP contribution in [0.2, 0.25) is 5.02 Å². The summed E-state index contributed by atoms with van der Waals surface area (Å²) >= 11 is 5.86. The number of nitriles is 1. The number of nitro groups is 1. The highest BCUT2D eigenvalue weighted by atomic mass is 35.5. The van der Waals surface area contributed by atoms with Gasteiger partial charge in [-0.05, 0) is 42.0 Å². The van der Waals surface area contributed by atoms with Gasteiger partial charge in [0, 0.05) is 23.9 Å². The normalized spacial score (nSPS) is 10.2. The molecule has 0 aliphatic carbocycles. The molecule has 8 nitrogen and oxygen atoms in total. The van der Waals surface area contributed by atoms with Gasteiger partial charge >= 0.3 is 5.97 Å². The Hall–Kier alpha value is -3.70. The number of rotatable bonds is 6. The average Bonchev–Trinajstić information content (AvgIpc) is 2.65. The van der Waals surface area contributed by atoms with Crippen molar-refractivity contribution in [2.24, 2.45) is 0 Å². The zero-order valence-corrected chi connectivity index (χ0v) is 14.5. The molecule has 0 unspecified atom stereocenters. The summed E-state index contributed by atoms with van der Waals surface area (Å²) in [6.07, 6.45) is 2.51. The first-order valence-corrected chi connectivity index (χ1v) is 7.85. The van der Waals surface area contributed by atoms with Gasteiger partial charge in [-0.1, -0.05) is 11.6 Å². The fraction of sp³-hybridized carbons (Fsp3) is 0.0556. The van der Waals surface area contributed by atoms with Crippen LogP contribution in [0.4, 0.5) is 11.4 Å². The highest BCUT2D eigenvalue weighted by Gasteiger charge is 2.08. The zero-order valence-electron chi connectivity index (χ0n) is 13.7. The molecule has 2 rings (SSSR count). The van der Waals surface area contributed by atoms with Crippen LogP contribution in [0.5, 0.6) is 0 Å². The molecule has 0 heterocycles. The van der Waals surface area contributed by atoms with Crippen molar-refractivity contribution >= 4 is 40.9 Å². The Bertz CT molecular complexity index is 948. The van der Waals surface area contributed by atoms with Crippen molar-refractivity contribution in [3.8, 4) is 6.07 Å². The van der Waals surface area contributed by atoms with Crippen LogP contribution in [0.1, 0.15) is 11.1 Å². The fourth-order valence-electron chi connectivity index (χ4n) is 1.94.